The van der Waals surface area contributed by atoms with Crippen molar-refractivity contribution >= 4 is 20.7 Å². The lowest BCUT2D eigenvalue weighted by Gasteiger charge is -2.26. The van der Waals surface area contributed by atoms with E-state index >= 15 is 0 Å². The van der Waals surface area contributed by atoms with Crippen molar-refractivity contribution in [1.29, 1.82) is 0 Å². The first kappa shape index (κ1) is 20.6. The van der Waals surface area contributed by atoms with Gasteiger partial charge in [0, 0.05) is 61.8 Å². The van der Waals surface area contributed by atoms with Gasteiger partial charge < -0.3 is 19.0 Å². The van der Waals surface area contributed by atoms with Crippen molar-refractivity contribution < 1.29 is 17.9 Å². The molecule has 0 unspecified atom stereocenters. The first-order valence-corrected chi connectivity index (χ1v) is 11.7. The van der Waals surface area contributed by atoms with Crippen LogP contribution in [0, 0.1) is 0 Å². The molecule has 160 valence electrons. The molecule has 1 aliphatic rings. The second-order valence-electron chi connectivity index (χ2n) is 7.46. The first-order chi connectivity index (χ1) is 14.3. The molecule has 0 atom stereocenters. The Labute approximate surface area is 174 Å². The molecule has 2 aromatic heterocycles. The van der Waals surface area contributed by atoms with Gasteiger partial charge in [-0.3, -0.25) is 9.69 Å². The normalized spacial score (nSPS) is 15.5. The highest BCUT2D eigenvalue weighted by molar-refractivity contribution is 7.90. The zero-order valence-corrected chi connectivity index (χ0v) is 17.9. The average molecular weight is 432 g/mol. The molecule has 1 N–H and O–H groups in total. The predicted molar refractivity (Wildman–Crippen MR) is 115 cm³/mol. The molecule has 1 saturated heterocycles. The summed E-state index contributed by atoms with van der Waals surface area (Å²) >= 11 is 0. The number of pyridine rings is 1. The maximum Gasteiger partial charge on any atom is 0.274 e. The number of aryl methyl sites for hydroxylation is 1. The minimum Gasteiger partial charge on any atom is -0.492 e. The van der Waals surface area contributed by atoms with Crippen LogP contribution in [0.4, 0.5) is 0 Å². The number of H-pyrrole nitrogens is 1. The Hall–Kier alpha value is -2.62. The molecule has 1 aromatic carbocycles. The van der Waals surface area contributed by atoms with E-state index in [0.29, 0.717) is 23.4 Å². The number of rotatable bonds is 6. The Kier molecular flexibility index (Phi) is 5.68. The van der Waals surface area contributed by atoms with Gasteiger partial charge in [0.05, 0.1) is 18.1 Å². The van der Waals surface area contributed by atoms with Crippen molar-refractivity contribution in [2.24, 2.45) is 7.05 Å². The van der Waals surface area contributed by atoms with Gasteiger partial charge in [0.25, 0.3) is 5.56 Å². The lowest BCUT2D eigenvalue weighted by Crippen LogP contribution is -2.38. The highest BCUT2D eigenvalue weighted by Gasteiger charge is 2.18. The summed E-state index contributed by atoms with van der Waals surface area (Å²) in [6.07, 6.45) is 4.60. The predicted octanol–water partition coefficient (Wildman–Crippen LogP) is 1.65. The molecule has 0 bridgehead atoms. The maximum absolute atomic E-state index is 12.4. The number of sulfone groups is 1. The monoisotopic (exact) mass is 431 g/mol. The Balaban J connectivity index is 1.74. The average Bonchev–Trinajstić information content (AvgIpc) is 3.21. The lowest BCUT2D eigenvalue weighted by atomic mass is 10.0. The van der Waals surface area contributed by atoms with Gasteiger partial charge in [-0.1, -0.05) is 0 Å². The molecule has 30 heavy (non-hydrogen) atoms. The van der Waals surface area contributed by atoms with Gasteiger partial charge in [-0.25, -0.2) is 8.42 Å². The smallest absolute Gasteiger partial charge is 0.274 e. The van der Waals surface area contributed by atoms with Crippen molar-refractivity contribution in [2.75, 3.05) is 45.7 Å². The largest absolute Gasteiger partial charge is 0.492 e. The van der Waals surface area contributed by atoms with Crippen LogP contribution in [0.3, 0.4) is 0 Å². The van der Waals surface area contributed by atoms with Crippen molar-refractivity contribution in [2.45, 2.75) is 4.90 Å². The molecule has 3 heterocycles. The van der Waals surface area contributed by atoms with Gasteiger partial charge >= 0.3 is 0 Å². The third-order valence-electron chi connectivity index (χ3n) is 5.33. The Morgan fingerprint density at radius 3 is 2.67 bits per heavy atom. The van der Waals surface area contributed by atoms with E-state index in [9.17, 15) is 13.2 Å². The highest BCUT2D eigenvalue weighted by Crippen LogP contribution is 2.35. The number of aromatic nitrogens is 2. The molecule has 0 radical (unpaired) electrons. The number of morpholine rings is 1. The number of ether oxygens (including phenoxy) is 2. The molecule has 3 aromatic rings. The van der Waals surface area contributed by atoms with Crippen molar-refractivity contribution in [3.63, 3.8) is 0 Å². The molecule has 9 heteroatoms. The SMILES string of the molecule is Cn1cc(-c2cc(S(C)(=O)=O)ccc2OCCN2CCOCC2)c2cc[nH]c2c1=O. The number of nitrogens with zero attached hydrogens (tertiary/aromatic N) is 2. The van der Waals surface area contributed by atoms with Crippen molar-refractivity contribution in [3.05, 3.63) is 47.0 Å². The summed E-state index contributed by atoms with van der Waals surface area (Å²) in [5.41, 5.74) is 1.70. The summed E-state index contributed by atoms with van der Waals surface area (Å²) in [5.74, 6) is 0.580. The van der Waals surface area contributed by atoms with Gasteiger partial charge in [0.1, 0.15) is 17.9 Å². The number of benzene rings is 1. The Morgan fingerprint density at radius 1 is 1.17 bits per heavy atom. The second kappa shape index (κ2) is 8.25. The molecule has 4 rings (SSSR count). The summed E-state index contributed by atoms with van der Waals surface area (Å²) in [6, 6.07) is 6.68. The van der Waals surface area contributed by atoms with E-state index in [-0.39, 0.29) is 10.5 Å². The first-order valence-electron chi connectivity index (χ1n) is 9.79. The molecule has 1 fully saturated rings. The number of aromatic amines is 1. The van der Waals surface area contributed by atoms with E-state index in [1.807, 2.05) is 6.07 Å². The van der Waals surface area contributed by atoms with Crippen LogP contribution in [0.25, 0.3) is 22.0 Å². The van der Waals surface area contributed by atoms with E-state index in [0.717, 1.165) is 43.8 Å². The molecule has 8 nitrogen and oxygen atoms in total. The van der Waals surface area contributed by atoms with Crippen LogP contribution in [-0.4, -0.2) is 68.6 Å². The summed E-state index contributed by atoms with van der Waals surface area (Å²) in [6.45, 7) is 4.40. The zero-order valence-electron chi connectivity index (χ0n) is 17.1. The Bertz CT molecular complexity index is 1220. The number of fused-ring (bicyclic) bond motifs is 1. The molecule has 0 aliphatic carbocycles. The fourth-order valence-electron chi connectivity index (χ4n) is 3.67. The summed E-state index contributed by atoms with van der Waals surface area (Å²) < 4.78 is 37.3. The maximum atomic E-state index is 12.4. The fraction of sp³-hybridized carbons (Fsp3) is 0.381. The van der Waals surface area contributed by atoms with Crippen LogP contribution in [-0.2, 0) is 21.6 Å². The zero-order chi connectivity index (χ0) is 21.3. The van der Waals surface area contributed by atoms with Gasteiger partial charge in [0.15, 0.2) is 9.84 Å². The van der Waals surface area contributed by atoms with E-state index in [1.54, 1.807) is 37.6 Å². The minimum absolute atomic E-state index is 0.146. The fourth-order valence-corrected chi connectivity index (χ4v) is 4.32. The molecule has 1 aliphatic heterocycles. The highest BCUT2D eigenvalue weighted by atomic mass is 32.2. The van der Waals surface area contributed by atoms with Gasteiger partial charge in [-0.15, -0.1) is 0 Å². The molecular weight excluding hydrogens is 406 g/mol. The summed E-state index contributed by atoms with van der Waals surface area (Å²) in [5, 5.41) is 0.724. The van der Waals surface area contributed by atoms with E-state index < -0.39 is 9.84 Å². The van der Waals surface area contributed by atoms with E-state index in [4.69, 9.17) is 9.47 Å². The van der Waals surface area contributed by atoms with Crippen LogP contribution in [0.2, 0.25) is 0 Å². The molecular formula is C21H25N3O5S. The number of nitrogens with one attached hydrogen (secondary N) is 1. The molecule has 0 amide bonds. The standard InChI is InChI=1S/C21H25N3O5S/c1-23-14-18(16-5-6-22-20(16)21(23)25)17-13-15(30(2,26)27)3-4-19(17)29-12-9-24-7-10-28-11-8-24/h3-6,13-14,22H,7-12H2,1-2H3. The third-order valence-corrected chi connectivity index (χ3v) is 6.44. The van der Waals surface area contributed by atoms with Gasteiger partial charge in [-0.2, -0.15) is 0 Å². The summed E-state index contributed by atoms with van der Waals surface area (Å²) in [4.78, 5) is 17.9. The minimum atomic E-state index is -3.40. The Morgan fingerprint density at radius 2 is 1.93 bits per heavy atom. The molecule has 0 saturated carbocycles. The van der Waals surface area contributed by atoms with Crippen molar-refractivity contribution in [1.82, 2.24) is 14.5 Å². The number of hydrogen-bond donors (Lipinski definition) is 1. The van der Waals surface area contributed by atoms with E-state index in [2.05, 4.69) is 9.88 Å². The third kappa shape index (κ3) is 4.14. The van der Waals surface area contributed by atoms with Crippen LogP contribution >= 0.6 is 0 Å². The summed E-state index contributed by atoms with van der Waals surface area (Å²) in [7, 11) is -1.73. The quantitative estimate of drug-likeness (QED) is 0.638. The van der Waals surface area contributed by atoms with Crippen LogP contribution < -0.4 is 10.3 Å². The lowest BCUT2D eigenvalue weighted by molar-refractivity contribution is 0.0323. The second-order valence-corrected chi connectivity index (χ2v) is 9.47. The topological polar surface area (TPSA) is 93.6 Å². The molecule has 0 spiro atoms. The van der Waals surface area contributed by atoms with E-state index in [1.165, 1.54) is 10.8 Å². The van der Waals surface area contributed by atoms with Gasteiger partial charge in [0.2, 0.25) is 0 Å². The number of hydrogen-bond acceptors (Lipinski definition) is 6. The van der Waals surface area contributed by atoms with Crippen LogP contribution in [0.5, 0.6) is 5.75 Å². The van der Waals surface area contributed by atoms with Crippen LogP contribution in [0.1, 0.15) is 0 Å². The van der Waals surface area contributed by atoms with Gasteiger partial charge in [-0.05, 0) is 24.3 Å². The van der Waals surface area contributed by atoms with Crippen molar-refractivity contribution in [3.8, 4) is 16.9 Å². The van der Waals surface area contributed by atoms with Crippen LogP contribution in [0.15, 0.2) is 46.3 Å².